The van der Waals surface area contributed by atoms with E-state index in [0.29, 0.717) is 18.0 Å². The first kappa shape index (κ1) is 24.0. The molecule has 1 saturated heterocycles. The van der Waals surface area contributed by atoms with E-state index >= 15 is 0 Å². The van der Waals surface area contributed by atoms with Crippen LogP contribution in [-0.2, 0) is 5.54 Å². The van der Waals surface area contributed by atoms with Crippen LogP contribution >= 0.6 is 0 Å². The number of H-pyrrole nitrogens is 1. The lowest BCUT2D eigenvalue weighted by Gasteiger charge is -2.40. The fourth-order valence-corrected chi connectivity index (χ4v) is 4.88. The second kappa shape index (κ2) is 9.73. The quantitative estimate of drug-likeness (QED) is 0.444. The molecule has 1 N–H and O–H groups in total. The van der Waals surface area contributed by atoms with Crippen LogP contribution in [0.5, 0.6) is 5.75 Å². The van der Waals surface area contributed by atoms with Gasteiger partial charge in [-0.15, -0.1) is 5.10 Å². The molecule has 0 aliphatic carbocycles. The number of aromatic nitrogens is 5. The van der Waals surface area contributed by atoms with Crippen molar-refractivity contribution in [2.24, 2.45) is 0 Å². The summed E-state index contributed by atoms with van der Waals surface area (Å²) in [6, 6.07) is 17.7. The Morgan fingerprint density at radius 1 is 1.03 bits per heavy atom. The molecule has 1 aliphatic rings. The van der Waals surface area contributed by atoms with Crippen molar-refractivity contribution in [2.45, 2.75) is 39.3 Å². The molecule has 0 amide bonds. The summed E-state index contributed by atoms with van der Waals surface area (Å²) in [5.41, 5.74) is 2.14. The fraction of sp³-hybridized carbons (Fsp3) is 0.407. The topological polar surface area (TPSA) is 92.2 Å². The normalized spacial score (nSPS) is 15.8. The second-order valence-corrected chi connectivity index (χ2v) is 10.1. The number of aromatic amines is 1. The van der Waals surface area contributed by atoms with Crippen LogP contribution in [0.3, 0.4) is 0 Å². The first-order valence-corrected chi connectivity index (χ1v) is 12.5. The zero-order valence-electron chi connectivity index (χ0n) is 21.3. The predicted molar refractivity (Wildman–Crippen MR) is 141 cm³/mol. The molecule has 9 nitrogen and oxygen atoms in total. The van der Waals surface area contributed by atoms with E-state index in [-0.39, 0.29) is 17.1 Å². The van der Waals surface area contributed by atoms with E-state index in [4.69, 9.17) is 4.74 Å². The summed E-state index contributed by atoms with van der Waals surface area (Å²) < 4.78 is 7.54. The van der Waals surface area contributed by atoms with E-state index in [1.807, 2.05) is 41.9 Å². The molecule has 188 valence electrons. The Balaban J connectivity index is 1.57. The van der Waals surface area contributed by atoms with E-state index in [2.05, 4.69) is 75.3 Å². The van der Waals surface area contributed by atoms with Gasteiger partial charge in [0.2, 0.25) is 0 Å². The Kier molecular flexibility index (Phi) is 6.49. The standard InChI is InChI=1S/C27H33N7O2/c1-5-36-21-11-12-23-19(17-21)18-22(26(35)28-23)24(25-29-30-31-34(25)27(2,3)4)33-15-13-32(14-16-33)20-9-7-6-8-10-20/h6-12,17-18,24H,5,13-16H2,1-4H3,(H,28,35)/t24-/m0/s1. The Morgan fingerprint density at radius 3 is 2.47 bits per heavy atom. The van der Waals surface area contributed by atoms with E-state index in [1.165, 1.54) is 5.69 Å². The Labute approximate surface area is 210 Å². The van der Waals surface area contributed by atoms with E-state index in [0.717, 1.165) is 42.8 Å². The highest BCUT2D eigenvalue weighted by atomic mass is 16.5. The molecule has 36 heavy (non-hydrogen) atoms. The van der Waals surface area contributed by atoms with Crippen LogP contribution in [0, 0.1) is 0 Å². The zero-order chi connectivity index (χ0) is 25.3. The molecule has 1 aliphatic heterocycles. The van der Waals surface area contributed by atoms with Gasteiger partial charge in [0.1, 0.15) is 11.8 Å². The van der Waals surface area contributed by atoms with Crippen LogP contribution in [0.1, 0.15) is 45.1 Å². The average Bonchev–Trinajstić information content (AvgIpc) is 3.36. The number of para-hydroxylation sites is 1. The lowest BCUT2D eigenvalue weighted by atomic mass is 10.0. The molecule has 5 rings (SSSR count). The van der Waals surface area contributed by atoms with Crippen LogP contribution in [-0.4, -0.2) is 62.9 Å². The van der Waals surface area contributed by atoms with Gasteiger partial charge in [-0.25, -0.2) is 4.68 Å². The Bertz CT molecular complexity index is 1380. The molecule has 1 atom stereocenters. The molecule has 9 heteroatoms. The van der Waals surface area contributed by atoms with Gasteiger partial charge in [0.15, 0.2) is 5.82 Å². The number of ether oxygens (including phenoxy) is 1. The molecule has 1 fully saturated rings. The fourth-order valence-electron chi connectivity index (χ4n) is 4.88. The minimum atomic E-state index is -0.388. The number of piperazine rings is 1. The zero-order valence-corrected chi connectivity index (χ0v) is 21.3. The summed E-state index contributed by atoms with van der Waals surface area (Å²) in [5, 5.41) is 13.7. The first-order valence-electron chi connectivity index (χ1n) is 12.5. The van der Waals surface area contributed by atoms with Crippen molar-refractivity contribution >= 4 is 16.6 Å². The molecule has 2 aromatic carbocycles. The summed E-state index contributed by atoms with van der Waals surface area (Å²) in [6.45, 7) is 12.0. The van der Waals surface area contributed by atoms with Crippen molar-refractivity contribution in [3.63, 3.8) is 0 Å². The summed E-state index contributed by atoms with van der Waals surface area (Å²) in [5.74, 6) is 1.44. The van der Waals surface area contributed by atoms with Crippen LogP contribution in [0.4, 0.5) is 5.69 Å². The number of tetrazole rings is 1. The van der Waals surface area contributed by atoms with Crippen LogP contribution in [0.2, 0.25) is 0 Å². The van der Waals surface area contributed by atoms with Gasteiger partial charge in [-0.05, 0) is 74.5 Å². The van der Waals surface area contributed by atoms with E-state index < -0.39 is 0 Å². The third-order valence-electron chi connectivity index (χ3n) is 6.62. The monoisotopic (exact) mass is 487 g/mol. The highest BCUT2D eigenvalue weighted by Crippen LogP contribution is 2.31. The SMILES string of the molecule is CCOc1ccc2[nH]c(=O)c([C@@H](c3nnnn3C(C)(C)C)N3CCN(c4ccccc4)CC3)cc2c1. The molecule has 0 saturated carbocycles. The highest BCUT2D eigenvalue weighted by Gasteiger charge is 2.35. The third-order valence-corrected chi connectivity index (χ3v) is 6.62. The summed E-state index contributed by atoms with van der Waals surface area (Å²) >= 11 is 0. The highest BCUT2D eigenvalue weighted by molar-refractivity contribution is 5.80. The van der Waals surface area contributed by atoms with E-state index in [9.17, 15) is 4.79 Å². The Morgan fingerprint density at radius 2 is 1.78 bits per heavy atom. The summed E-state index contributed by atoms with van der Waals surface area (Å²) in [4.78, 5) is 21.2. The molecule has 2 aromatic heterocycles. The maximum Gasteiger partial charge on any atom is 0.253 e. The number of pyridine rings is 1. The maximum atomic E-state index is 13.5. The minimum absolute atomic E-state index is 0.134. The molecular formula is C27H33N7O2. The maximum absolute atomic E-state index is 13.5. The van der Waals surface area contributed by atoms with Gasteiger partial charge in [0.05, 0.1) is 12.1 Å². The van der Waals surface area contributed by atoms with Gasteiger partial charge in [-0.3, -0.25) is 9.69 Å². The smallest absolute Gasteiger partial charge is 0.253 e. The van der Waals surface area contributed by atoms with Gasteiger partial charge < -0.3 is 14.6 Å². The number of hydrogen-bond acceptors (Lipinski definition) is 7. The van der Waals surface area contributed by atoms with E-state index in [1.54, 1.807) is 0 Å². The summed E-state index contributed by atoms with van der Waals surface area (Å²) in [7, 11) is 0. The number of hydrogen-bond donors (Lipinski definition) is 1. The molecule has 0 bridgehead atoms. The number of nitrogens with zero attached hydrogens (tertiary/aromatic N) is 6. The lowest BCUT2D eigenvalue weighted by molar-refractivity contribution is 0.190. The lowest BCUT2D eigenvalue weighted by Crippen LogP contribution is -2.49. The predicted octanol–water partition coefficient (Wildman–Crippen LogP) is 3.58. The third kappa shape index (κ3) is 4.70. The summed E-state index contributed by atoms with van der Waals surface area (Å²) in [6.07, 6.45) is 0. The van der Waals surface area contributed by atoms with Gasteiger partial charge in [0.25, 0.3) is 5.56 Å². The number of benzene rings is 2. The molecule has 4 aromatic rings. The van der Waals surface area contributed by atoms with Gasteiger partial charge >= 0.3 is 0 Å². The van der Waals surface area contributed by atoms with Gasteiger partial charge in [-0.2, -0.15) is 0 Å². The van der Waals surface area contributed by atoms with Crippen molar-refractivity contribution in [1.82, 2.24) is 30.1 Å². The Hall–Kier alpha value is -3.72. The van der Waals surface area contributed by atoms with Crippen molar-refractivity contribution in [3.8, 4) is 5.75 Å². The molecular weight excluding hydrogens is 454 g/mol. The average molecular weight is 488 g/mol. The number of rotatable bonds is 6. The number of fused-ring (bicyclic) bond motifs is 1. The van der Waals surface area contributed by atoms with Crippen molar-refractivity contribution in [2.75, 3.05) is 37.7 Å². The van der Waals surface area contributed by atoms with Crippen molar-refractivity contribution in [3.05, 3.63) is 76.3 Å². The van der Waals surface area contributed by atoms with Crippen LogP contribution in [0.15, 0.2) is 59.4 Å². The minimum Gasteiger partial charge on any atom is -0.494 e. The molecule has 3 heterocycles. The van der Waals surface area contributed by atoms with Crippen molar-refractivity contribution < 1.29 is 4.74 Å². The van der Waals surface area contributed by atoms with Gasteiger partial charge in [-0.1, -0.05) is 18.2 Å². The van der Waals surface area contributed by atoms with Crippen LogP contribution in [0.25, 0.3) is 10.9 Å². The molecule has 0 radical (unpaired) electrons. The second-order valence-electron chi connectivity index (χ2n) is 10.1. The molecule has 0 unspecified atom stereocenters. The van der Waals surface area contributed by atoms with Crippen LogP contribution < -0.4 is 15.2 Å². The largest absolute Gasteiger partial charge is 0.494 e. The molecule has 0 spiro atoms. The van der Waals surface area contributed by atoms with Crippen molar-refractivity contribution in [1.29, 1.82) is 0 Å². The number of anilines is 1. The number of nitrogens with one attached hydrogen (secondary N) is 1. The first-order chi connectivity index (χ1) is 17.3. The van der Waals surface area contributed by atoms with Gasteiger partial charge in [0, 0.05) is 48.3 Å².